The fourth-order valence-electron chi connectivity index (χ4n) is 3.44. The average molecular weight is 379 g/mol. The van der Waals surface area contributed by atoms with Crippen molar-refractivity contribution in [2.24, 2.45) is 0 Å². The highest BCUT2D eigenvalue weighted by molar-refractivity contribution is 5.96. The van der Waals surface area contributed by atoms with Crippen molar-refractivity contribution in [2.45, 2.75) is 0 Å². The number of hydrogen-bond donors (Lipinski definition) is 2. The Kier molecular flexibility index (Phi) is 3.30. The van der Waals surface area contributed by atoms with Crippen LogP contribution in [-0.2, 0) is 0 Å². The number of fused-ring (bicyclic) bond motifs is 2. The number of hydrogen-bond acceptors (Lipinski definition) is 6. The highest BCUT2D eigenvalue weighted by atomic mass is 16.3. The van der Waals surface area contributed by atoms with Crippen LogP contribution in [0.3, 0.4) is 0 Å². The van der Waals surface area contributed by atoms with Crippen molar-refractivity contribution in [3.05, 3.63) is 67.6 Å². The molecule has 8 nitrogen and oxygen atoms in total. The third-order valence-corrected chi connectivity index (χ3v) is 4.84. The summed E-state index contributed by atoms with van der Waals surface area (Å²) < 4.78 is 5.20. The van der Waals surface area contributed by atoms with Gasteiger partial charge in [-0.25, -0.2) is 4.98 Å². The molecule has 0 fully saturated rings. The minimum atomic E-state index is 0.663. The van der Waals surface area contributed by atoms with Gasteiger partial charge in [0.25, 0.3) is 0 Å². The Balaban J connectivity index is 1.53. The molecule has 6 aromatic rings. The lowest BCUT2D eigenvalue weighted by atomic mass is 10.1. The van der Waals surface area contributed by atoms with Gasteiger partial charge in [0.05, 0.1) is 35.5 Å². The van der Waals surface area contributed by atoms with E-state index in [4.69, 9.17) is 9.40 Å². The second-order valence-electron chi connectivity index (χ2n) is 6.58. The Morgan fingerprint density at radius 2 is 1.79 bits per heavy atom. The van der Waals surface area contributed by atoms with Gasteiger partial charge in [-0.1, -0.05) is 0 Å². The lowest BCUT2D eigenvalue weighted by Crippen LogP contribution is -1.85. The summed E-state index contributed by atoms with van der Waals surface area (Å²) in [4.78, 5) is 21.2. The van der Waals surface area contributed by atoms with E-state index in [-0.39, 0.29) is 0 Å². The van der Waals surface area contributed by atoms with Gasteiger partial charge >= 0.3 is 0 Å². The molecule has 0 spiro atoms. The highest BCUT2D eigenvalue weighted by Crippen LogP contribution is 2.31. The van der Waals surface area contributed by atoms with Crippen LogP contribution in [0.4, 0.5) is 0 Å². The van der Waals surface area contributed by atoms with Crippen molar-refractivity contribution in [3.63, 3.8) is 0 Å². The summed E-state index contributed by atoms with van der Waals surface area (Å²) in [5, 5.41) is 8.45. The average Bonchev–Trinajstić information content (AvgIpc) is 3.52. The van der Waals surface area contributed by atoms with Crippen molar-refractivity contribution < 1.29 is 4.42 Å². The first kappa shape index (κ1) is 15.7. The fraction of sp³-hybridized carbons (Fsp3) is 0. The molecule has 0 aromatic carbocycles. The van der Waals surface area contributed by atoms with Gasteiger partial charge in [-0.15, -0.1) is 0 Å². The van der Waals surface area contributed by atoms with Gasteiger partial charge in [0.1, 0.15) is 16.9 Å². The molecular weight excluding hydrogens is 366 g/mol. The number of furan rings is 1. The van der Waals surface area contributed by atoms with E-state index in [0.717, 1.165) is 50.1 Å². The zero-order valence-corrected chi connectivity index (χ0v) is 15.0. The third-order valence-electron chi connectivity index (χ3n) is 4.84. The van der Waals surface area contributed by atoms with Crippen LogP contribution >= 0.6 is 0 Å². The van der Waals surface area contributed by atoms with E-state index in [2.05, 4.69) is 30.1 Å². The predicted molar refractivity (Wildman–Crippen MR) is 108 cm³/mol. The Hall–Kier alpha value is -4.33. The number of pyridine rings is 3. The second-order valence-corrected chi connectivity index (χ2v) is 6.58. The van der Waals surface area contributed by atoms with Gasteiger partial charge in [0, 0.05) is 35.1 Å². The minimum Gasteiger partial charge on any atom is -0.472 e. The van der Waals surface area contributed by atoms with Crippen LogP contribution in [0.5, 0.6) is 0 Å². The predicted octanol–water partition coefficient (Wildman–Crippen LogP) is 4.22. The van der Waals surface area contributed by atoms with Gasteiger partial charge in [-0.2, -0.15) is 5.10 Å². The van der Waals surface area contributed by atoms with E-state index in [0.29, 0.717) is 5.82 Å². The first-order valence-corrected chi connectivity index (χ1v) is 8.99. The smallest absolute Gasteiger partial charge is 0.159 e. The molecule has 0 bridgehead atoms. The molecular formula is C21H13N7O. The number of rotatable bonds is 3. The second kappa shape index (κ2) is 6.10. The standard InChI is InChI=1S/C21H13N7O/c1-5-22-6-2-12(1)16-9-14-17(10-24-16)27-28-19(14)21-25-15-3-7-23-18(20(15)26-21)13-4-8-29-11-13/h1-11H,(H,25,26)(H,27,28). The largest absolute Gasteiger partial charge is 0.472 e. The van der Waals surface area contributed by atoms with Gasteiger partial charge < -0.3 is 9.40 Å². The summed E-state index contributed by atoms with van der Waals surface area (Å²) in [6, 6.07) is 9.63. The van der Waals surface area contributed by atoms with Crippen LogP contribution in [0, 0.1) is 0 Å². The summed E-state index contributed by atoms with van der Waals surface area (Å²) in [6.45, 7) is 0. The van der Waals surface area contributed by atoms with Crippen molar-refractivity contribution in [1.82, 2.24) is 35.1 Å². The zero-order chi connectivity index (χ0) is 19.2. The molecule has 0 aliphatic carbocycles. The first-order valence-electron chi connectivity index (χ1n) is 8.99. The molecule has 0 saturated heterocycles. The summed E-state index contributed by atoms with van der Waals surface area (Å²) in [7, 11) is 0. The Morgan fingerprint density at radius 3 is 2.66 bits per heavy atom. The maximum absolute atomic E-state index is 5.20. The van der Waals surface area contributed by atoms with E-state index in [1.807, 2.05) is 30.3 Å². The van der Waals surface area contributed by atoms with Gasteiger partial charge in [-0.05, 0) is 30.3 Å². The molecule has 0 aliphatic heterocycles. The first-order chi connectivity index (χ1) is 14.4. The van der Waals surface area contributed by atoms with E-state index >= 15 is 0 Å². The topological polar surface area (TPSA) is 109 Å². The van der Waals surface area contributed by atoms with Crippen molar-refractivity contribution in [3.8, 4) is 34.0 Å². The molecule has 0 amide bonds. The van der Waals surface area contributed by atoms with Crippen LogP contribution in [0.25, 0.3) is 56.0 Å². The molecule has 0 saturated carbocycles. The normalized spacial score (nSPS) is 11.4. The summed E-state index contributed by atoms with van der Waals surface area (Å²) in [5.41, 5.74) is 6.69. The van der Waals surface area contributed by atoms with Gasteiger partial charge in [0.2, 0.25) is 0 Å². The molecule has 6 rings (SSSR count). The summed E-state index contributed by atoms with van der Waals surface area (Å²) >= 11 is 0. The Morgan fingerprint density at radius 1 is 0.862 bits per heavy atom. The number of H-pyrrole nitrogens is 2. The molecule has 29 heavy (non-hydrogen) atoms. The number of nitrogens with zero attached hydrogens (tertiary/aromatic N) is 5. The maximum Gasteiger partial charge on any atom is 0.159 e. The molecule has 6 aromatic heterocycles. The number of imidazole rings is 1. The summed E-state index contributed by atoms with van der Waals surface area (Å²) in [6.07, 6.45) is 10.3. The van der Waals surface area contributed by atoms with Crippen LogP contribution in [0.2, 0.25) is 0 Å². The van der Waals surface area contributed by atoms with Gasteiger partial charge in [-0.3, -0.25) is 20.1 Å². The SMILES string of the molecule is c1cc(-c2cc3c(-c4nc5c(-c6ccoc6)nccc5[nH]4)n[nH]c3cn2)ccn1. The van der Waals surface area contributed by atoms with Crippen LogP contribution in [0.15, 0.2) is 72.1 Å². The van der Waals surface area contributed by atoms with E-state index in [9.17, 15) is 0 Å². The summed E-state index contributed by atoms with van der Waals surface area (Å²) in [5.74, 6) is 0.663. The Labute approximate surface area is 163 Å². The van der Waals surface area contributed by atoms with E-state index < -0.39 is 0 Å². The van der Waals surface area contributed by atoms with Crippen molar-refractivity contribution >= 4 is 21.9 Å². The molecule has 2 N–H and O–H groups in total. The maximum atomic E-state index is 5.20. The Bertz CT molecular complexity index is 1450. The van der Waals surface area contributed by atoms with Crippen molar-refractivity contribution in [1.29, 1.82) is 0 Å². The quantitative estimate of drug-likeness (QED) is 0.476. The molecule has 138 valence electrons. The van der Waals surface area contributed by atoms with Crippen LogP contribution < -0.4 is 0 Å². The number of aromatic amines is 2. The molecule has 0 unspecified atom stereocenters. The van der Waals surface area contributed by atoms with E-state index in [1.54, 1.807) is 37.3 Å². The zero-order valence-electron chi connectivity index (χ0n) is 15.0. The van der Waals surface area contributed by atoms with Crippen molar-refractivity contribution in [2.75, 3.05) is 0 Å². The monoisotopic (exact) mass is 379 g/mol. The number of aromatic nitrogens is 7. The van der Waals surface area contributed by atoms with E-state index in [1.165, 1.54) is 0 Å². The molecule has 0 aliphatic rings. The molecule has 0 radical (unpaired) electrons. The highest BCUT2D eigenvalue weighted by Gasteiger charge is 2.17. The van der Waals surface area contributed by atoms with Gasteiger partial charge in [0.15, 0.2) is 5.82 Å². The van der Waals surface area contributed by atoms with Crippen LogP contribution in [0.1, 0.15) is 0 Å². The fourth-order valence-corrected chi connectivity index (χ4v) is 3.44. The lowest BCUT2D eigenvalue weighted by molar-refractivity contribution is 0.568. The third kappa shape index (κ3) is 2.50. The number of nitrogens with one attached hydrogen (secondary N) is 2. The minimum absolute atomic E-state index is 0.663. The van der Waals surface area contributed by atoms with Crippen LogP contribution in [-0.4, -0.2) is 35.1 Å². The lowest BCUT2D eigenvalue weighted by Gasteiger charge is -2.00. The molecule has 0 atom stereocenters. The molecule has 6 heterocycles. The molecule has 8 heteroatoms.